The van der Waals surface area contributed by atoms with Crippen molar-refractivity contribution in [2.45, 2.75) is 23.6 Å². The molecule has 3 aliphatic rings. The molecule has 35 heavy (non-hydrogen) atoms. The summed E-state index contributed by atoms with van der Waals surface area (Å²) in [5.74, 6) is 0. The first kappa shape index (κ1) is 22.9. The molecule has 0 aliphatic carbocycles. The molecule has 1 unspecified atom stereocenters. The summed E-state index contributed by atoms with van der Waals surface area (Å²) in [6, 6.07) is 10.8. The number of thioether (sulfide) groups is 1. The molecule has 0 amide bonds. The summed E-state index contributed by atoms with van der Waals surface area (Å²) < 4.78 is 11.3. The Morgan fingerprint density at radius 1 is 1.14 bits per heavy atom. The molecule has 5 heterocycles. The zero-order valence-electron chi connectivity index (χ0n) is 20.0. The van der Waals surface area contributed by atoms with E-state index < -0.39 is 0 Å². The van der Waals surface area contributed by atoms with Gasteiger partial charge in [-0.2, -0.15) is 0 Å². The third-order valence-corrected chi connectivity index (χ3v) is 7.81. The molecule has 8 nitrogen and oxygen atoms in total. The van der Waals surface area contributed by atoms with Crippen molar-refractivity contribution < 1.29 is 9.47 Å². The van der Waals surface area contributed by atoms with Crippen LogP contribution in [0.2, 0.25) is 0 Å². The Morgan fingerprint density at radius 2 is 2.03 bits per heavy atom. The Kier molecular flexibility index (Phi) is 6.67. The lowest BCUT2D eigenvalue weighted by atomic mass is 10.1. The van der Waals surface area contributed by atoms with E-state index in [4.69, 9.17) is 9.47 Å². The lowest BCUT2D eigenvalue weighted by molar-refractivity contribution is -0.0609. The van der Waals surface area contributed by atoms with Crippen LogP contribution in [0.5, 0.6) is 0 Å². The topological polar surface area (TPSA) is 77.7 Å². The number of hydrogen-bond donors (Lipinski definition) is 3. The van der Waals surface area contributed by atoms with E-state index in [2.05, 4.69) is 67.7 Å². The number of morpholine rings is 1. The van der Waals surface area contributed by atoms with E-state index in [0.29, 0.717) is 18.8 Å². The average Bonchev–Trinajstić information content (AvgIpc) is 3.48. The minimum absolute atomic E-state index is 0.413. The lowest BCUT2D eigenvalue weighted by Gasteiger charge is -2.29. The smallest absolute Gasteiger partial charge is 0.139 e. The summed E-state index contributed by atoms with van der Waals surface area (Å²) in [4.78, 5) is 14.1. The minimum Gasteiger partial charge on any atom is -0.379 e. The average molecular weight is 493 g/mol. The summed E-state index contributed by atoms with van der Waals surface area (Å²) in [6.07, 6.45) is 5.16. The number of anilines is 3. The summed E-state index contributed by atoms with van der Waals surface area (Å²) in [6.45, 7) is 8.93. The van der Waals surface area contributed by atoms with Gasteiger partial charge in [-0.3, -0.25) is 9.80 Å². The highest BCUT2D eigenvalue weighted by Gasteiger charge is 2.19. The van der Waals surface area contributed by atoms with E-state index in [-0.39, 0.29) is 0 Å². The quantitative estimate of drug-likeness (QED) is 0.444. The highest BCUT2D eigenvalue weighted by Crippen LogP contribution is 2.40. The number of aromatic nitrogens is 2. The zero-order chi connectivity index (χ0) is 23.6. The van der Waals surface area contributed by atoms with Crippen LogP contribution in [0.3, 0.4) is 0 Å². The molecule has 3 N–H and O–H groups in total. The molecule has 184 valence electrons. The first-order valence-corrected chi connectivity index (χ1v) is 13.2. The van der Waals surface area contributed by atoms with Gasteiger partial charge < -0.3 is 25.1 Å². The van der Waals surface area contributed by atoms with E-state index in [1.54, 1.807) is 0 Å². The number of H-pyrrole nitrogens is 1. The van der Waals surface area contributed by atoms with Gasteiger partial charge in [0.15, 0.2) is 0 Å². The van der Waals surface area contributed by atoms with Crippen LogP contribution in [0, 0.1) is 0 Å². The van der Waals surface area contributed by atoms with Crippen LogP contribution in [0.15, 0.2) is 47.5 Å². The second kappa shape index (κ2) is 10.2. The predicted molar refractivity (Wildman–Crippen MR) is 142 cm³/mol. The fourth-order valence-corrected chi connectivity index (χ4v) is 5.84. The van der Waals surface area contributed by atoms with Crippen molar-refractivity contribution >= 4 is 45.4 Å². The molecular weight excluding hydrogens is 460 g/mol. The first-order valence-electron chi connectivity index (χ1n) is 12.3. The number of nitrogens with zero attached hydrogens (tertiary/aromatic N) is 3. The van der Waals surface area contributed by atoms with E-state index in [0.717, 1.165) is 73.9 Å². The normalized spacial score (nSPS) is 21.1. The number of aromatic amines is 1. The Bertz CT molecular complexity index is 1220. The number of benzene rings is 1. The zero-order valence-corrected chi connectivity index (χ0v) is 20.9. The Labute approximate surface area is 210 Å². The van der Waals surface area contributed by atoms with Crippen molar-refractivity contribution in [3.8, 4) is 0 Å². The largest absolute Gasteiger partial charge is 0.379 e. The maximum atomic E-state index is 5.94. The highest BCUT2D eigenvalue weighted by molar-refractivity contribution is 8.00. The standard InChI is InChI=1S/C26H32N6O2S/c1-18-28-23-3-2-20(14-25(23)35-18)29-22-4-7-27-26-21(22)15-24(30-26)19-5-8-31(9-6-19)16-34-17-32-10-12-33-13-11-32/h2-5,7,14-15,18,28H,6,8-13,16-17H2,1H3,(H2,27,29,30). The molecule has 1 atom stereocenters. The van der Waals surface area contributed by atoms with Gasteiger partial charge in [0.25, 0.3) is 0 Å². The maximum absolute atomic E-state index is 5.94. The summed E-state index contributed by atoms with van der Waals surface area (Å²) in [5.41, 5.74) is 6.77. The molecule has 3 aliphatic heterocycles. The Balaban J connectivity index is 1.10. The molecule has 9 heteroatoms. The molecule has 6 rings (SSSR count). The molecule has 2 aromatic heterocycles. The van der Waals surface area contributed by atoms with E-state index >= 15 is 0 Å². The number of nitrogens with one attached hydrogen (secondary N) is 3. The monoisotopic (exact) mass is 492 g/mol. The van der Waals surface area contributed by atoms with Gasteiger partial charge in [0.2, 0.25) is 0 Å². The van der Waals surface area contributed by atoms with Gasteiger partial charge in [-0.15, -0.1) is 0 Å². The molecule has 1 aromatic carbocycles. The van der Waals surface area contributed by atoms with Gasteiger partial charge in [0.05, 0.1) is 24.3 Å². The minimum atomic E-state index is 0.413. The van der Waals surface area contributed by atoms with Crippen molar-refractivity contribution in [2.75, 3.05) is 63.5 Å². The second-order valence-corrected chi connectivity index (χ2v) is 10.7. The molecular formula is C26H32N6O2S. The van der Waals surface area contributed by atoms with Gasteiger partial charge in [-0.25, -0.2) is 4.98 Å². The third kappa shape index (κ3) is 5.19. The van der Waals surface area contributed by atoms with Gasteiger partial charge in [0.1, 0.15) is 19.1 Å². The van der Waals surface area contributed by atoms with Crippen molar-refractivity contribution in [3.05, 3.63) is 48.3 Å². The summed E-state index contributed by atoms with van der Waals surface area (Å²) in [5, 5.41) is 8.61. The van der Waals surface area contributed by atoms with Crippen LogP contribution < -0.4 is 10.6 Å². The van der Waals surface area contributed by atoms with Crippen molar-refractivity contribution in [2.24, 2.45) is 0 Å². The number of rotatable bonds is 7. The van der Waals surface area contributed by atoms with Gasteiger partial charge in [-0.05, 0) is 49.2 Å². The van der Waals surface area contributed by atoms with Crippen molar-refractivity contribution in [1.82, 2.24) is 19.8 Å². The van der Waals surface area contributed by atoms with Gasteiger partial charge in [0, 0.05) is 59.7 Å². The predicted octanol–water partition coefficient (Wildman–Crippen LogP) is 4.52. The first-order chi connectivity index (χ1) is 17.2. The maximum Gasteiger partial charge on any atom is 0.139 e. The van der Waals surface area contributed by atoms with Crippen molar-refractivity contribution in [1.29, 1.82) is 0 Å². The third-order valence-electron chi connectivity index (χ3n) is 6.75. The number of ether oxygens (including phenoxy) is 2. The van der Waals surface area contributed by atoms with E-state index in [9.17, 15) is 0 Å². The van der Waals surface area contributed by atoms with Gasteiger partial charge in [-0.1, -0.05) is 17.8 Å². The molecule has 3 aromatic rings. The van der Waals surface area contributed by atoms with Crippen LogP contribution in [0.25, 0.3) is 16.6 Å². The molecule has 0 spiro atoms. The van der Waals surface area contributed by atoms with Crippen LogP contribution in [-0.2, 0) is 9.47 Å². The molecule has 0 bridgehead atoms. The second-order valence-electron chi connectivity index (χ2n) is 9.29. The van der Waals surface area contributed by atoms with Crippen LogP contribution >= 0.6 is 11.8 Å². The summed E-state index contributed by atoms with van der Waals surface area (Å²) >= 11 is 1.86. The number of fused-ring (bicyclic) bond motifs is 2. The van der Waals surface area contributed by atoms with E-state index in [1.165, 1.54) is 16.2 Å². The van der Waals surface area contributed by atoms with Crippen LogP contribution in [0.4, 0.5) is 17.1 Å². The molecule has 1 saturated heterocycles. The fourth-order valence-electron chi connectivity index (χ4n) is 4.82. The highest BCUT2D eigenvalue weighted by atomic mass is 32.2. The summed E-state index contributed by atoms with van der Waals surface area (Å²) in [7, 11) is 0. The SMILES string of the molecule is CC1Nc2ccc(Nc3ccnc4[nH]c(C5=CCN(COCN6CCOCC6)CC5)cc34)cc2S1. The van der Waals surface area contributed by atoms with Crippen LogP contribution in [-0.4, -0.2) is 78.0 Å². The lowest BCUT2D eigenvalue weighted by Crippen LogP contribution is -2.39. The fraction of sp³-hybridized carbons (Fsp3) is 0.423. The Morgan fingerprint density at radius 3 is 2.89 bits per heavy atom. The van der Waals surface area contributed by atoms with Crippen molar-refractivity contribution in [3.63, 3.8) is 0 Å². The Hall–Kier alpha value is -2.56. The van der Waals surface area contributed by atoms with E-state index in [1.807, 2.05) is 24.0 Å². The molecule has 0 radical (unpaired) electrons. The number of pyridine rings is 1. The van der Waals surface area contributed by atoms with Crippen LogP contribution in [0.1, 0.15) is 19.0 Å². The molecule has 1 fully saturated rings. The van der Waals surface area contributed by atoms with Gasteiger partial charge >= 0.3 is 0 Å². The number of hydrogen-bond acceptors (Lipinski definition) is 8. The molecule has 0 saturated carbocycles.